The van der Waals surface area contributed by atoms with Gasteiger partial charge >= 0.3 is 6.03 Å². The normalized spacial score (nSPS) is 16.5. The van der Waals surface area contributed by atoms with Crippen LogP contribution in [0.3, 0.4) is 0 Å². The average molecular weight is 624 g/mol. The van der Waals surface area contributed by atoms with Crippen LogP contribution in [0.25, 0.3) is 5.69 Å². The maximum absolute atomic E-state index is 13.7. The van der Waals surface area contributed by atoms with Crippen molar-refractivity contribution >= 4 is 39.4 Å². The van der Waals surface area contributed by atoms with Gasteiger partial charge in [-0.15, -0.1) is 4.28 Å². The first-order valence-corrected chi connectivity index (χ1v) is 16.5. The Balaban J connectivity index is 1.39. The van der Waals surface area contributed by atoms with Crippen molar-refractivity contribution in [1.29, 1.82) is 0 Å². The van der Waals surface area contributed by atoms with E-state index in [1.54, 1.807) is 10.7 Å². The standard InChI is InChI=1S/C31H41N7O5S/c1-21-8-10-23(11-9-21)37-26(19-25(34-37)31(6)12-13-31)33-29(40)38(43-44(7,41)42)24-18-22(2)27(32-20-24)35-14-16-36(17-15-35)28(39)30(3,4)5/h8-11,18-20H,12-17H2,1-7H3,(H,33,40). The van der Waals surface area contributed by atoms with Gasteiger partial charge in [-0.05, 0) is 50.5 Å². The van der Waals surface area contributed by atoms with E-state index in [4.69, 9.17) is 9.38 Å². The number of rotatable bonds is 7. The summed E-state index contributed by atoms with van der Waals surface area (Å²) >= 11 is 0. The summed E-state index contributed by atoms with van der Waals surface area (Å²) in [6.45, 7) is 14.0. The average Bonchev–Trinajstić information content (AvgIpc) is 3.56. The van der Waals surface area contributed by atoms with Crippen LogP contribution in [0.4, 0.5) is 22.1 Å². The van der Waals surface area contributed by atoms with Crippen LogP contribution in [0.15, 0.2) is 42.6 Å². The van der Waals surface area contributed by atoms with Gasteiger partial charge in [-0.3, -0.25) is 10.1 Å². The van der Waals surface area contributed by atoms with Crippen LogP contribution in [0.1, 0.15) is 57.4 Å². The van der Waals surface area contributed by atoms with Crippen molar-refractivity contribution in [3.63, 3.8) is 0 Å². The highest BCUT2D eigenvalue weighted by Gasteiger charge is 2.42. The predicted octanol–water partition coefficient (Wildman–Crippen LogP) is 4.56. The number of piperazine rings is 1. The number of hydrogen-bond acceptors (Lipinski definition) is 8. The van der Waals surface area contributed by atoms with Crippen LogP contribution in [0, 0.1) is 19.3 Å². The molecule has 1 saturated heterocycles. The van der Waals surface area contributed by atoms with Crippen LogP contribution < -0.4 is 15.3 Å². The Kier molecular flexibility index (Phi) is 8.23. The third kappa shape index (κ3) is 6.88. The van der Waals surface area contributed by atoms with Crippen molar-refractivity contribution in [3.05, 3.63) is 59.4 Å². The van der Waals surface area contributed by atoms with Crippen LogP contribution >= 0.6 is 0 Å². The Bertz CT molecular complexity index is 1670. The van der Waals surface area contributed by atoms with Gasteiger partial charge in [-0.2, -0.15) is 18.6 Å². The number of hydrogen-bond donors (Lipinski definition) is 1. The van der Waals surface area contributed by atoms with Crippen molar-refractivity contribution in [2.45, 2.75) is 59.8 Å². The van der Waals surface area contributed by atoms with E-state index in [2.05, 4.69) is 22.1 Å². The second kappa shape index (κ2) is 11.5. The fourth-order valence-electron chi connectivity index (χ4n) is 5.17. The van der Waals surface area contributed by atoms with E-state index in [9.17, 15) is 18.0 Å². The summed E-state index contributed by atoms with van der Waals surface area (Å²) in [7, 11) is -4.09. The lowest BCUT2D eigenvalue weighted by Gasteiger charge is -2.38. The lowest BCUT2D eigenvalue weighted by Crippen LogP contribution is -2.52. The van der Waals surface area contributed by atoms with Crippen LogP contribution in [-0.2, 0) is 24.6 Å². The zero-order valence-corrected chi connectivity index (χ0v) is 27.2. The van der Waals surface area contributed by atoms with E-state index >= 15 is 0 Å². The minimum atomic E-state index is -4.09. The van der Waals surface area contributed by atoms with Gasteiger partial charge in [0.05, 0.1) is 29.5 Å². The number of aromatic nitrogens is 3. The first-order chi connectivity index (χ1) is 20.5. The van der Waals surface area contributed by atoms with Gasteiger partial charge in [0, 0.05) is 43.1 Å². The van der Waals surface area contributed by atoms with E-state index < -0.39 is 21.6 Å². The Morgan fingerprint density at radius 1 is 1.02 bits per heavy atom. The summed E-state index contributed by atoms with van der Waals surface area (Å²) < 4.78 is 31.4. The van der Waals surface area contributed by atoms with Crippen LogP contribution in [0.5, 0.6) is 0 Å². The number of carbonyl (C=O) groups is 2. The molecule has 0 radical (unpaired) electrons. The molecule has 0 spiro atoms. The number of aryl methyl sites for hydroxylation is 2. The Morgan fingerprint density at radius 2 is 1.66 bits per heavy atom. The maximum atomic E-state index is 13.7. The number of urea groups is 1. The molecule has 12 nitrogen and oxygen atoms in total. The fourth-order valence-corrected chi connectivity index (χ4v) is 5.60. The highest BCUT2D eigenvalue weighted by Crippen LogP contribution is 2.47. The third-order valence-electron chi connectivity index (χ3n) is 8.01. The molecule has 236 valence electrons. The number of benzene rings is 1. The van der Waals surface area contributed by atoms with Crippen molar-refractivity contribution in [1.82, 2.24) is 19.7 Å². The molecule has 2 aromatic heterocycles. The summed E-state index contributed by atoms with van der Waals surface area (Å²) in [5.74, 6) is 1.18. The molecule has 1 aromatic carbocycles. The predicted molar refractivity (Wildman–Crippen MR) is 170 cm³/mol. The molecule has 5 rings (SSSR count). The molecule has 0 bridgehead atoms. The van der Waals surface area contributed by atoms with E-state index in [-0.39, 0.29) is 17.0 Å². The highest BCUT2D eigenvalue weighted by molar-refractivity contribution is 7.86. The number of amides is 3. The van der Waals surface area contributed by atoms with Crippen molar-refractivity contribution in [3.8, 4) is 5.69 Å². The second-order valence-electron chi connectivity index (χ2n) is 13.1. The van der Waals surface area contributed by atoms with E-state index in [1.807, 2.05) is 69.9 Å². The molecule has 44 heavy (non-hydrogen) atoms. The maximum Gasteiger partial charge on any atom is 0.352 e. The van der Waals surface area contributed by atoms with E-state index in [0.29, 0.717) is 42.9 Å². The monoisotopic (exact) mass is 623 g/mol. The first-order valence-electron chi connectivity index (χ1n) is 14.7. The molecule has 3 heterocycles. The molecule has 1 saturated carbocycles. The van der Waals surface area contributed by atoms with Gasteiger partial charge in [0.2, 0.25) is 5.91 Å². The molecule has 1 aliphatic heterocycles. The molecule has 3 amide bonds. The summed E-state index contributed by atoms with van der Waals surface area (Å²) in [6, 6.07) is 10.4. The Morgan fingerprint density at radius 3 is 2.20 bits per heavy atom. The summed E-state index contributed by atoms with van der Waals surface area (Å²) in [6.07, 6.45) is 4.28. The minimum Gasteiger partial charge on any atom is -0.353 e. The minimum absolute atomic E-state index is 0.0687. The molecule has 1 N–H and O–H groups in total. The lowest BCUT2D eigenvalue weighted by molar-refractivity contribution is -0.139. The Hall–Kier alpha value is -3.97. The molecule has 2 aliphatic rings. The van der Waals surface area contributed by atoms with Crippen LogP contribution in [0.2, 0.25) is 0 Å². The van der Waals surface area contributed by atoms with Gasteiger partial charge in [0.25, 0.3) is 10.1 Å². The Labute approximate surface area is 259 Å². The van der Waals surface area contributed by atoms with Gasteiger partial charge in [-0.25, -0.2) is 14.5 Å². The number of anilines is 3. The molecular weight excluding hydrogens is 582 g/mol. The molecule has 0 atom stereocenters. The lowest BCUT2D eigenvalue weighted by atomic mass is 9.94. The molecule has 13 heteroatoms. The SMILES string of the molecule is Cc1ccc(-n2nc(C3(C)CC3)cc2NC(=O)N(OS(C)(=O)=O)c2cnc(N3CCN(C(=O)C(C)(C)C)CC3)c(C)c2)cc1. The quantitative estimate of drug-likeness (QED) is 0.379. The zero-order chi connectivity index (χ0) is 32.0. The molecule has 0 unspecified atom stereocenters. The van der Waals surface area contributed by atoms with Gasteiger partial charge in [-0.1, -0.05) is 45.4 Å². The number of pyridine rings is 1. The topological polar surface area (TPSA) is 130 Å². The van der Waals surface area contributed by atoms with E-state index in [1.165, 1.54) is 6.20 Å². The highest BCUT2D eigenvalue weighted by atomic mass is 32.2. The third-order valence-corrected chi connectivity index (χ3v) is 8.43. The molecular formula is C31H41N7O5S. The van der Waals surface area contributed by atoms with Gasteiger partial charge in [0.1, 0.15) is 11.6 Å². The number of hydroxylamine groups is 1. The summed E-state index contributed by atoms with van der Waals surface area (Å²) in [5.41, 5.74) is 3.03. The molecule has 2 fully saturated rings. The van der Waals surface area contributed by atoms with Gasteiger partial charge < -0.3 is 9.80 Å². The van der Waals surface area contributed by atoms with Gasteiger partial charge in [0.15, 0.2) is 0 Å². The number of carbonyl (C=O) groups excluding carboxylic acids is 2. The van der Waals surface area contributed by atoms with Crippen molar-refractivity contribution < 1.29 is 22.3 Å². The second-order valence-corrected chi connectivity index (χ2v) is 14.6. The summed E-state index contributed by atoms with van der Waals surface area (Å²) in [5, 5.41) is 8.30. The van der Waals surface area contributed by atoms with Crippen LogP contribution in [-0.4, -0.2) is 72.5 Å². The van der Waals surface area contributed by atoms with E-state index in [0.717, 1.165) is 41.6 Å². The number of nitrogens with one attached hydrogen (secondary N) is 1. The molecule has 1 aliphatic carbocycles. The fraction of sp³-hybridized carbons (Fsp3) is 0.484. The molecule has 3 aromatic rings. The van der Waals surface area contributed by atoms with Crippen molar-refractivity contribution in [2.24, 2.45) is 5.41 Å². The largest absolute Gasteiger partial charge is 0.353 e. The summed E-state index contributed by atoms with van der Waals surface area (Å²) in [4.78, 5) is 34.9. The first kappa shape index (κ1) is 31.5. The zero-order valence-electron chi connectivity index (χ0n) is 26.4. The number of nitrogens with zero attached hydrogens (tertiary/aromatic N) is 6. The van der Waals surface area contributed by atoms with Crippen molar-refractivity contribution in [2.75, 3.05) is 47.7 Å². The smallest absolute Gasteiger partial charge is 0.352 e.